The molecule has 26 heavy (non-hydrogen) atoms. The van der Waals surface area contributed by atoms with Crippen LogP contribution in [0.3, 0.4) is 0 Å². The molecule has 3 rings (SSSR count). The number of anilines is 2. The Bertz CT molecular complexity index is 820. The number of nitrogens with zero attached hydrogens (tertiary/aromatic N) is 4. The molecule has 0 unspecified atom stereocenters. The zero-order valence-corrected chi connectivity index (χ0v) is 15.6. The average Bonchev–Trinajstić information content (AvgIpc) is 2.65. The number of rotatable bonds is 3. The Balaban J connectivity index is 1.65. The molecule has 0 saturated carbocycles. The van der Waals surface area contributed by atoms with Crippen molar-refractivity contribution in [2.75, 3.05) is 36.4 Å². The van der Waals surface area contributed by atoms with Gasteiger partial charge in [0.05, 0.1) is 15.7 Å². The van der Waals surface area contributed by atoms with Crippen LogP contribution in [0.2, 0.25) is 10.0 Å². The number of carbonyl (C=O) groups is 2. The fourth-order valence-electron chi connectivity index (χ4n) is 2.65. The fraction of sp³-hybridized carbons (Fsp3) is 0.294. The summed E-state index contributed by atoms with van der Waals surface area (Å²) in [6, 6.07) is 8.33. The Morgan fingerprint density at radius 1 is 1.04 bits per heavy atom. The summed E-state index contributed by atoms with van der Waals surface area (Å²) < 4.78 is 0. The lowest BCUT2D eigenvalue weighted by Crippen LogP contribution is -2.48. The van der Waals surface area contributed by atoms with Crippen LogP contribution >= 0.6 is 23.2 Å². The molecule has 0 spiro atoms. The molecular formula is C17H17Cl2N5O2. The van der Waals surface area contributed by atoms with Gasteiger partial charge >= 0.3 is 0 Å². The molecule has 7 nitrogen and oxygen atoms in total. The topological polar surface area (TPSA) is 78.4 Å². The first-order chi connectivity index (χ1) is 12.5. The second-order valence-electron chi connectivity index (χ2n) is 5.83. The maximum atomic E-state index is 12.3. The van der Waals surface area contributed by atoms with Crippen LogP contribution in [-0.2, 0) is 4.79 Å². The number of hydrogen-bond acceptors (Lipinski definition) is 5. The summed E-state index contributed by atoms with van der Waals surface area (Å²) in [5, 5.41) is 11.4. The molecule has 1 aliphatic heterocycles. The third kappa shape index (κ3) is 4.05. The first-order valence-corrected chi connectivity index (χ1v) is 8.81. The van der Waals surface area contributed by atoms with Gasteiger partial charge in [0, 0.05) is 33.1 Å². The van der Waals surface area contributed by atoms with E-state index >= 15 is 0 Å². The van der Waals surface area contributed by atoms with Crippen LogP contribution in [0.1, 0.15) is 17.4 Å². The van der Waals surface area contributed by atoms with Gasteiger partial charge in [0.15, 0.2) is 11.5 Å². The lowest BCUT2D eigenvalue weighted by molar-refractivity contribution is -0.129. The predicted octanol–water partition coefficient (Wildman–Crippen LogP) is 2.70. The molecule has 0 atom stereocenters. The van der Waals surface area contributed by atoms with Crippen molar-refractivity contribution in [1.82, 2.24) is 15.1 Å². The molecule has 1 aromatic heterocycles. The van der Waals surface area contributed by atoms with Crippen molar-refractivity contribution >= 4 is 46.5 Å². The van der Waals surface area contributed by atoms with Gasteiger partial charge in [-0.3, -0.25) is 9.59 Å². The van der Waals surface area contributed by atoms with Crippen LogP contribution in [0.25, 0.3) is 0 Å². The summed E-state index contributed by atoms with van der Waals surface area (Å²) in [6.07, 6.45) is 0. The minimum absolute atomic E-state index is 0.0717. The van der Waals surface area contributed by atoms with Gasteiger partial charge in [0.2, 0.25) is 5.91 Å². The van der Waals surface area contributed by atoms with E-state index in [-0.39, 0.29) is 16.6 Å². The summed E-state index contributed by atoms with van der Waals surface area (Å²) in [5.41, 5.74) is 0.586. The zero-order valence-electron chi connectivity index (χ0n) is 14.1. The standard InChI is InChI=1S/C17H17Cl2N5O2/c1-11(25)23-7-9-24(10-8-23)15-6-5-14(21-22-15)17(26)20-13-4-2-3-12(18)16(13)19/h2-6H,7-10H2,1H3,(H,20,26). The van der Waals surface area contributed by atoms with Gasteiger partial charge in [-0.15, -0.1) is 10.2 Å². The molecule has 2 heterocycles. The molecule has 0 radical (unpaired) electrons. The monoisotopic (exact) mass is 393 g/mol. The van der Waals surface area contributed by atoms with Crippen molar-refractivity contribution in [1.29, 1.82) is 0 Å². The molecule has 0 bridgehead atoms. The van der Waals surface area contributed by atoms with Gasteiger partial charge in [-0.2, -0.15) is 0 Å². The highest BCUT2D eigenvalue weighted by molar-refractivity contribution is 6.44. The van der Waals surface area contributed by atoms with Crippen molar-refractivity contribution in [3.05, 3.63) is 46.1 Å². The molecule has 0 aliphatic carbocycles. The van der Waals surface area contributed by atoms with Gasteiger partial charge in [0.25, 0.3) is 5.91 Å². The fourth-order valence-corrected chi connectivity index (χ4v) is 3.00. The molecule has 9 heteroatoms. The van der Waals surface area contributed by atoms with Crippen molar-refractivity contribution in [3.8, 4) is 0 Å². The van der Waals surface area contributed by atoms with E-state index in [4.69, 9.17) is 23.2 Å². The highest BCUT2D eigenvalue weighted by atomic mass is 35.5. The number of nitrogens with one attached hydrogen (secondary N) is 1. The lowest BCUT2D eigenvalue weighted by atomic mass is 10.2. The van der Waals surface area contributed by atoms with E-state index in [1.54, 1.807) is 42.2 Å². The Labute approximate surface area is 160 Å². The van der Waals surface area contributed by atoms with Crippen molar-refractivity contribution in [2.45, 2.75) is 6.92 Å². The van der Waals surface area contributed by atoms with Crippen molar-refractivity contribution in [3.63, 3.8) is 0 Å². The minimum Gasteiger partial charge on any atom is -0.352 e. The molecule has 1 aromatic carbocycles. The van der Waals surface area contributed by atoms with Gasteiger partial charge in [0.1, 0.15) is 0 Å². The van der Waals surface area contributed by atoms with Crippen LogP contribution in [0.15, 0.2) is 30.3 Å². The Morgan fingerprint density at radius 3 is 2.38 bits per heavy atom. The molecule has 1 saturated heterocycles. The van der Waals surface area contributed by atoms with E-state index in [2.05, 4.69) is 15.5 Å². The number of amides is 2. The van der Waals surface area contributed by atoms with Crippen molar-refractivity contribution < 1.29 is 9.59 Å². The summed E-state index contributed by atoms with van der Waals surface area (Å²) in [6.45, 7) is 4.21. The Morgan fingerprint density at radius 2 is 1.77 bits per heavy atom. The molecule has 1 N–H and O–H groups in total. The number of hydrogen-bond donors (Lipinski definition) is 1. The lowest BCUT2D eigenvalue weighted by Gasteiger charge is -2.34. The quantitative estimate of drug-likeness (QED) is 0.866. The summed E-state index contributed by atoms with van der Waals surface area (Å²) in [4.78, 5) is 27.5. The van der Waals surface area contributed by atoms with E-state index in [1.807, 2.05) is 4.90 Å². The molecule has 1 aliphatic rings. The van der Waals surface area contributed by atoms with E-state index in [0.29, 0.717) is 42.7 Å². The molecule has 2 amide bonds. The van der Waals surface area contributed by atoms with E-state index in [0.717, 1.165) is 0 Å². The SMILES string of the molecule is CC(=O)N1CCN(c2ccc(C(=O)Nc3cccc(Cl)c3Cl)nn2)CC1. The minimum atomic E-state index is -0.422. The molecule has 136 valence electrons. The van der Waals surface area contributed by atoms with E-state index in [9.17, 15) is 9.59 Å². The van der Waals surface area contributed by atoms with Crippen molar-refractivity contribution in [2.24, 2.45) is 0 Å². The maximum absolute atomic E-state index is 12.3. The van der Waals surface area contributed by atoms with Gasteiger partial charge in [-0.05, 0) is 24.3 Å². The van der Waals surface area contributed by atoms with Gasteiger partial charge in [-0.25, -0.2) is 0 Å². The predicted molar refractivity (Wildman–Crippen MR) is 101 cm³/mol. The summed E-state index contributed by atoms with van der Waals surface area (Å²) in [5.74, 6) is 0.322. The zero-order chi connectivity index (χ0) is 18.7. The van der Waals surface area contributed by atoms with Crippen LogP contribution in [-0.4, -0.2) is 53.1 Å². The number of carbonyl (C=O) groups excluding carboxylic acids is 2. The van der Waals surface area contributed by atoms with Gasteiger partial charge < -0.3 is 15.1 Å². The number of benzene rings is 1. The van der Waals surface area contributed by atoms with E-state index < -0.39 is 5.91 Å². The first-order valence-electron chi connectivity index (χ1n) is 8.05. The van der Waals surface area contributed by atoms with Crippen LogP contribution in [0.5, 0.6) is 0 Å². The Hall–Kier alpha value is -2.38. The molecular weight excluding hydrogens is 377 g/mol. The average molecular weight is 394 g/mol. The largest absolute Gasteiger partial charge is 0.352 e. The maximum Gasteiger partial charge on any atom is 0.276 e. The summed E-state index contributed by atoms with van der Waals surface area (Å²) in [7, 11) is 0. The molecule has 2 aromatic rings. The second kappa shape index (κ2) is 7.88. The third-order valence-corrected chi connectivity index (χ3v) is 4.95. The second-order valence-corrected chi connectivity index (χ2v) is 6.61. The number of halogens is 2. The van der Waals surface area contributed by atoms with Crippen LogP contribution in [0.4, 0.5) is 11.5 Å². The Kier molecular flexibility index (Phi) is 5.58. The van der Waals surface area contributed by atoms with E-state index in [1.165, 1.54) is 0 Å². The third-order valence-electron chi connectivity index (χ3n) is 4.13. The number of piperazine rings is 1. The van der Waals surface area contributed by atoms with Gasteiger partial charge in [-0.1, -0.05) is 29.3 Å². The molecule has 1 fully saturated rings. The normalized spacial score (nSPS) is 14.3. The smallest absolute Gasteiger partial charge is 0.276 e. The first kappa shape index (κ1) is 18.4. The summed E-state index contributed by atoms with van der Waals surface area (Å²) >= 11 is 12.0. The van der Waals surface area contributed by atoms with Crippen LogP contribution < -0.4 is 10.2 Å². The highest BCUT2D eigenvalue weighted by Gasteiger charge is 2.20. The van der Waals surface area contributed by atoms with Crippen LogP contribution in [0, 0.1) is 0 Å². The number of aromatic nitrogens is 2. The highest BCUT2D eigenvalue weighted by Crippen LogP contribution is 2.29.